The van der Waals surface area contributed by atoms with Gasteiger partial charge in [-0.1, -0.05) is 33.1 Å². The van der Waals surface area contributed by atoms with E-state index < -0.39 is 0 Å². The van der Waals surface area contributed by atoms with E-state index in [9.17, 15) is 9.50 Å². The largest absolute Gasteiger partial charge is 0.395 e. The lowest BCUT2D eigenvalue weighted by Gasteiger charge is -2.23. The fraction of sp³-hybridized carbons (Fsp3) is 0.706. The van der Waals surface area contributed by atoms with Gasteiger partial charge in [-0.3, -0.25) is 4.98 Å². The van der Waals surface area contributed by atoms with Crippen LogP contribution >= 0.6 is 0 Å². The predicted octanol–water partition coefficient (Wildman–Crippen LogP) is 3.37. The number of hydrogen-bond donors (Lipinski definition) is 2. The zero-order valence-corrected chi connectivity index (χ0v) is 13.1. The third-order valence-corrected chi connectivity index (χ3v) is 4.50. The third kappa shape index (κ3) is 4.48. The van der Waals surface area contributed by atoms with Gasteiger partial charge < -0.3 is 10.4 Å². The van der Waals surface area contributed by atoms with Crippen molar-refractivity contribution in [1.82, 2.24) is 10.3 Å². The van der Waals surface area contributed by atoms with E-state index in [1.54, 1.807) is 0 Å². The number of halogens is 1. The molecule has 2 rings (SSSR count). The molecular weight excluding hydrogens is 267 g/mol. The summed E-state index contributed by atoms with van der Waals surface area (Å²) in [7, 11) is 0. The van der Waals surface area contributed by atoms with Crippen LogP contribution in [0.25, 0.3) is 0 Å². The van der Waals surface area contributed by atoms with Gasteiger partial charge in [0.2, 0.25) is 0 Å². The number of hydrogen-bond acceptors (Lipinski definition) is 3. The number of aromatic nitrogens is 1. The number of rotatable bonds is 6. The molecule has 0 unspecified atom stereocenters. The van der Waals surface area contributed by atoms with Gasteiger partial charge in [-0.25, -0.2) is 4.39 Å². The molecule has 0 aromatic carbocycles. The molecule has 1 aliphatic rings. The van der Waals surface area contributed by atoms with Gasteiger partial charge in [0, 0.05) is 24.2 Å². The van der Waals surface area contributed by atoms with Crippen molar-refractivity contribution in [2.75, 3.05) is 6.61 Å². The minimum Gasteiger partial charge on any atom is -0.395 e. The molecule has 2 N–H and O–H groups in total. The predicted molar refractivity (Wildman–Crippen MR) is 82.6 cm³/mol. The van der Waals surface area contributed by atoms with Crippen LogP contribution in [0, 0.1) is 11.7 Å². The van der Waals surface area contributed by atoms with E-state index in [1.165, 1.54) is 25.3 Å². The fourth-order valence-corrected chi connectivity index (χ4v) is 2.99. The van der Waals surface area contributed by atoms with Gasteiger partial charge in [0.05, 0.1) is 12.3 Å². The fourth-order valence-electron chi connectivity index (χ4n) is 2.99. The summed E-state index contributed by atoms with van der Waals surface area (Å²) in [5.41, 5.74) is 1.50. The van der Waals surface area contributed by atoms with Gasteiger partial charge in [0.25, 0.3) is 0 Å². The van der Waals surface area contributed by atoms with E-state index in [0.29, 0.717) is 24.1 Å². The topological polar surface area (TPSA) is 45.1 Å². The summed E-state index contributed by atoms with van der Waals surface area (Å²) in [6.45, 7) is 4.50. The maximum absolute atomic E-state index is 13.9. The van der Waals surface area contributed by atoms with Crippen molar-refractivity contribution < 1.29 is 9.50 Å². The second-order valence-electron chi connectivity index (χ2n) is 6.41. The van der Waals surface area contributed by atoms with E-state index in [0.717, 1.165) is 18.5 Å². The molecule has 0 bridgehead atoms. The average Bonchev–Trinajstić information content (AvgIpc) is 2.50. The number of aliphatic hydroxyl groups excluding tert-OH is 1. The highest BCUT2D eigenvalue weighted by atomic mass is 19.1. The van der Waals surface area contributed by atoms with E-state index in [4.69, 9.17) is 0 Å². The summed E-state index contributed by atoms with van der Waals surface area (Å²) in [5, 5.41) is 12.5. The molecule has 1 atom stereocenters. The quantitative estimate of drug-likeness (QED) is 0.845. The zero-order valence-electron chi connectivity index (χ0n) is 13.1. The molecule has 1 aromatic heterocycles. The van der Waals surface area contributed by atoms with Gasteiger partial charge in [-0.05, 0) is 30.9 Å². The highest BCUT2D eigenvalue weighted by Crippen LogP contribution is 2.31. The number of aliphatic hydroxyl groups is 1. The van der Waals surface area contributed by atoms with Crippen LogP contribution < -0.4 is 5.32 Å². The van der Waals surface area contributed by atoms with Gasteiger partial charge in [0.15, 0.2) is 0 Å². The Morgan fingerprint density at radius 3 is 2.62 bits per heavy atom. The standard InChI is InChI=1S/C17H27FN2O/c1-12(2)17(11-21)19-10-16-14(18)8-9-15(20-16)13-6-4-3-5-7-13/h8-9,12-13,17,19,21H,3-7,10-11H2,1-2H3/t17-/m0/s1. The van der Waals surface area contributed by atoms with Crippen LogP contribution in [0.15, 0.2) is 12.1 Å². The molecule has 1 aliphatic carbocycles. The van der Waals surface area contributed by atoms with Crippen LogP contribution in [0.5, 0.6) is 0 Å². The monoisotopic (exact) mass is 294 g/mol. The summed E-state index contributed by atoms with van der Waals surface area (Å²) in [6.07, 6.45) is 6.13. The van der Waals surface area contributed by atoms with Crippen molar-refractivity contribution in [2.24, 2.45) is 5.92 Å². The van der Waals surface area contributed by atoms with Crippen molar-refractivity contribution in [3.63, 3.8) is 0 Å². The molecule has 0 saturated heterocycles. The lowest BCUT2D eigenvalue weighted by Crippen LogP contribution is -2.37. The van der Waals surface area contributed by atoms with Crippen molar-refractivity contribution in [3.8, 4) is 0 Å². The van der Waals surface area contributed by atoms with Crippen molar-refractivity contribution in [1.29, 1.82) is 0 Å². The van der Waals surface area contributed by atoms with Gasteiger partial charge in [-0.15, -0.1) is 0 Å². The zero-order chi connectivity index (χ0) is 15.2. The molecule has 3 nitrogen and oxygen atoms in total. The van der Waals surface area contributed by atoms with Crippen molar-refractivity contribution in [2.45, 2.75) is 64.5 Å². The molecule has 0 aliphatic heterocycles. The van der Waals surface area contributed by atoms with Crippen LogP contribution in [0.1, 0.15) is 63.3 Å². The maximum atomic E-state index is 13.9. The minimum absolute atomic E-state index is 0.0236. The summed E-state index contributed by atoms with van der Waals surface area (Å²) >= 11 is 0. The Labute approximate surface area is 127 Å². The van der Waals surface area contributed by atoms with Crippen LogP contribution in [0.2, 0.25) is 0 Å². The average molecular weight is 294 g/mol. The van der Waals surface area contributed by atoms with Crippen LogP contribution in [0.3, 0.4) is 0 Å². The Bertz CT molecular complexity index is 444. The molecule has 0 spiro atoms. The molecule has 21 heavy (non-hydrogen) atoms. The normalized spacial score (nSPS) is 18.1. The van der Waals surface area contributed by atoms with Gasteiger partial charge >= 0.3 is 0 Å². The molecule has 118 valence electrons. The molecular formula is C17H27FN2O. The molecule has 1 fully saturated rings. The number of nitrogens with zero attached hydrogens (tertiary/aromatic N) is 1. The SMILES string of the molecule is CC(C)[C@H](CO)NCc1nc(C2CCCCC2)ccc1F. The molecule has 1 heterocycles. The minimum atomic E-state index is -0.262. The molecule has 1 saturated carbocycles. The first-order valence-corrected chi connectivity index (χ1v) is 8.11. The summed E-state index contributed by atoms with van der Waals surface area (Å²) in [6, 6.07) is 3.35. The molecule has 0 amide bonds. The lowest BCUT2D eigenvalue weighted by atomic mass is 9.86. The highest BCUT2D eigenvalue weighted by molar-refractivity contribution is 5.17. The van der Waals surface area contributed by atoms with E-state index in [1.807, 2.05) is 19.9 Å². The highest BCUT2D eigenvalue weighted by Gasteiger charge is 2.19. The van der Waals surface area contributed by atoms with Crippen molar-refractivity contribution in [3.05, 3.63) is 29.3 Å². The van der Waals surface area contributed by atoms with Gasteiger partial charge in [0.1, 0.15) is 5.82 Å². The first-order chi connectivity index (χ1) is 10.1. The molecule has 4 heteroatoms. The molecule has 0 radical (unpaired) electrons. The summed E-state index contributed by atoms with van der Waals surface area (Å²) in [5.74, 6) is 0.527. The van der Waals surface area contributed by atoms with E-state index >= 15 is 0 Å². The Kier molecular flexibility index (Phi) is 6.12. The Morgan fingerprint density at radius 2 is 2.00 bits per heavy atom. The van der Waals surface area contributed by atoms with E-state index in [2.05, 4.69) is 10.3 Å². The lowest BCUT2D eigenvalue weighted by molar-refractivity contribution is 0.209. The first kappa shape index (κ1) is 16.4. The van der Waals surface area contributed by atoms with Crippen LogP contribution in [0.4, 0.5) is 4.39 Å². The number of pyridine rings is 1. The van der Waals surface area contributed by atoms with Crippen LogP contribution in [-0.2, 0) is 6.54 Å². The second-order valence-corrected chi connectivity index (χ2v) is 6.41. The summed E-state index contributed by atoms with van der Waals surface area (Å²) in [4.78, 5) is 4.54. The Hall–Kier alpha value is -1.00. The third-order valence-electron chi connectivity index (χ3n) is 4.50. The van der Waals surface area contributed by atoms with E-state index in [-0.39, 0.29) is 18.5 Å². The van der Waals surface area contributed by atoms with Crippen LogP contribution in [-0.4, -0.2) is 22.7 Å². The second kappa shape index (κ2) is 7.85. The number of nitrogens with one attached hydrogen (secondary N) is 1. The Morgan fingerprint density at radius 1 is 1.29 bits per heavy atom. The summed E-state index contributed by atoms with van der Waals surface area (Å²) < 4.78 is 13.9. The first-order valence-electron chi connectivity index (χ1n) is 8.11. The van der Waals surface area contributed by atoms with Crippen molar-refractivity contribution >= 4 is 0 Å². The van der Waals surface area contributed by atoms with Gasteiger partial charge in [-0.2, -0.15) is 0 Å². The Balaban J connectivity index is 2.04. The smallest absolute Gasteiger partial charge is 0.146 e. The maximum Gasteiger partial charge on any atom is 0.146 e. The molecule has 1 aromatic rings.